The lowest BCUT2D eigenvalue weighted by atomic mass is 9.86. The third kappa shape index (κ3) is 4.68. The van der Waals surface area contributed by atoms with Crippen LogP contribution in [-0.4, -0.2) is 48.5 Å². The number of aromatic nitrogens is 1. The van der Waals surface area contributed by atoms with Crippen molar-refractivity contribution in [2.75, 3.05) is 42.9 Å². The number of para-hydroxylation sites is 1. The molecule has 6 heteroatoms. The molecule has 0 atom stereocenters. The quantitative estimate of drug-likeness (QED) is 0.887. The topological polar surface area (TPSA) is 72.3 Å². The Hall–Kier alpha value is -2.91. The van der Waals surface area contributed by atoms with Gasteiger partial charge < -0.3 is 10.2 Å². The first-order valence-electron chi connectivity index (χ1n) is 9.60. The van der Waals surface area contributed by atoms with Crippen LogP contribution in [0.3, 0.4) is 0 Å². The van der Waals surface area contributed by atoms with Crippen LogP contribution in [-0.2, 0) is 10.2 Å². The molecule has 0 aliphatic carbocycles. The van der Waals surface area contributed by atoms with Gasteiger partial charge in [-0.2, -0.15) is 5.26 Å². The zero-order valence-electron chi connectivity index (χ0n) is 16.8. The minimum Gasteiger partial charge on any atom is -0.353 e. The van der Waals surface area contributed by atoms with Crippen molar-refractivity contribution in [1.29, 1.82) is 5.26 Å². The van der Waals surface area contributed by atoms with E-state index in [0.29, 0.717) is 12.1 Å². The van der Waals surface area contributed by atoms with Crippen LogP contribution in [0, 0.1) is 11.3 Å². The number of nitriles is 1. The second-order valence-corrected chi connectivity index (χ2v) is 8.09. The molecule has 1 N–H and O–H groups in total. The molecule has 0 radical (unpaired) electrons. The fourth-order valence-corrected chi connectivity index (χ4v) is 3.49. The maximum Gasteiger partial charge on any atom is 0.238 e. The molecule has 0 saturated carbocycles. The summed E-state index contributed by atoms with van der Waals surface area (Å²) in [6, 6.07) is 13.7. The number of rotatable bonds is 4. The SMILES string of the molecule is CC(C)(C)c1ccccc1NC(=O)CN1CCN(c2ncccc2C#N)CC1. The summed E-state index contributed by atoms with van der Waals surface area (Å²) in [5.41, 5.74) is 2.57. The number of hydrogen-bond donors (Lipinski definition) is 1. The van der Waals surface area contributed by atoms with E-state index < -0.39 is 0 Å². The van der Waals surface area contributed by atoms with Gasteiger partial charge in [0.2, 0.25) is 5.91 Å². The number of benzene rings is 1. The largest absolute Gasteiger partial charge is 0.353 e. The maximum absolute atomic E-state index is 12.6. The summed E-state index contributed by atoms with van der Waals surface area (Å²) in [6.45, 7) is 9.80. The van der Waals surface area contributed by atoms with E-state index in [4.69, 9.17) is 0 Å². The fourth-order valence-electron chi connectivity index (χ4n) is 3.49. The van der Waals surface area contributed by atoms with Crippen molar-refractivity contribution in [3.8, 4) is 6.07 Å². The number of nitrogens with one attached hydrogen (secondary N) is 1. The highest BCUT2D eigenvalue weighted by Gasteiger charge is 2.23. The molecular weight excluding hydrogens is 350 g/mol. The monoisotopic (exact) mass is 377 g/mol. The number of carbonyl (C=O) groups is 1. The van der Waals surface area contributed by atoms with Gasteiger partial charge in [0.05, 0.1) is 12.1 Å². The Morgan fingerprint density at radius 3 is 2.54 bits per heavy atom. The number of pyridine rings is 1. The highest BCUT2D eigenvalue weighted by molar-refractivity contribution is 5.93. The molecule has 1 aliphatic heterocycles. The van der Waals surface area contributed by atoms with E-state index in [1.54, 1.807) is 18.3 Å². The summed E-state index contributed by atoms with van der Waals surface area (Å²) >= 11 is 0. The molecule has 0 bridgehead atoms. The van der Waals surface area contributed by atoms with Crippen LogP contribution in [0.2, 0.25) is 0 Å². The van der Waals surface area contributed by atoms with Gasteiger partial charge in [0, 0.05) is 38.1 Å². The summed E-state index contributed by atoms with van der Waals surface area (Å²) in [5.74, 6) is 0.730. The van der Waals surface area contributed by atoms with E-state index in [2.05, 4.69) is 53.0 Å². The zero-order chi connectivity index (χ0) is 20.1. The van der Waals surface area contributed by atoms with E-state index in [1.807, 2.05) is 18.2 Å². The van der Waals surface area contributed by atoms with Crippen molar-refractivity contribution >= 4 is 17.4 Å². The standard InChI is InChI=1S/C22H27N5O/c1-22(2,3)18-8-4-5-9-19(18)25-20(28)16-26-11-13-27(14-12-26)21-17(15-23)7-6-10-24-21/h4-10H,11-14,16H2,1-3H3,(H,25,28). The Morgan fingerprint density at radius 2 is 1.86 bits per heavy atom. The second kappa shape index (κ2) is 8.41. The summed E-state index contributed by atoms with van der Waals surface area (Å²) in [5, 5.41) is 12.3. The molecule has 1 amide bonds. The summed E-state index contributed by atoms with van der Waals surface area (Å²) in [4.78, 5) is 21.2. The van der Waals surface area contributed by atoms with Crippen molar-refractivity contribution in [3.63, 3.8) is 0 Å². The summed E-state index contributed by atoms with van der Waals surface area (Å²) in [7, 11) is 0. The lowest BCUT2D eigenvalue weighted by Crippen LogP contribution is -2.49. The van der Waals surface area contributed by atoms with Gasteiger partial charge in [0.15, 0.2) is 0 Å². The molecule has 2 heterocycles. The van der Waals surface area contributed by atoms with Crippen LogP contribution in [0.15, 0.2) is 42.6 Å². The number of amides is 1. The molecule has 1 fully saturated rings. The van der Waals surface area contributed by atoms with E-state index in [-0.39, 0.29) is 11.3 Å². The van der Waals surface area contributed by atoms with E-state index >= 15 is 0 Å². The fraction of sp³-hybridized carbons (Fsp3) is 0.409. The Balaban J connectivity index is 1.57. The van der Waals surface area contributed by atoms with Crippen LogP contribution in [0.1, 0.15) is 31.9 Å². The van der Waals surface area contributed by atoms with Gasteiger partial charge in [-0.3, -0.25) is 9.69 Å². The number of carbonyl (C=O) groups excluding carboxylic acids is 1. The lowest BCUT2D eigenvalue weighted by molar-refractivity contribution is -0.117. The van der Waals surface area contributed by atoms with Gasteiger partial charge in [-0.25, -0.2) is 4.98 Å². The van der Waals surface area contributed by atoms with Gasteiger partial charge in [0.25, 0.3) is 0 Å². The molecule has 146 valence electrons. The van der Waals surface area contributed by atoms with Gasteiger partial charge in [-0.15, -0.1) is 0 Å². The van der Waals surface area contributed by atoms with Crippen molar-refractivity contribution in [3.05, 3.63) is 53.7 Å². The Labute approximate surface area is 166 Å². The number of anilines is 2. The maximum atomic E-state index is 12.6. The van der Waals surface area contributed by atoms with Crippen LogP contribution < -0.4 is 10.2 Å². The van der Waals surface area contributed by atoms with Gasteiger partial charge in [-0.1, -0.05) is 39.0 Å². The molecule has 6 nitrogen and oxygen atoms in total. The van der Waals surface area contributed by atoms with Crippen molar-refractivity contribution in [2.24, 2.45) is 0 Å². The average Bonchev–Trinajstić information content (AvgIpc) is 2.68. The molecule has 3 rings (SSSR count). The van der Waals surface area contributed by atoms with Crippen molar-refractivity contribution < 1.29 is 4.79 Å². The Bertz CT molecular complexity index is 873. The molecular formula is C22H27N5O. The predicted octanol–water partition coefficient (Wildman–Crippen LogP) is 3.01. The van der Waals surface area contributed by atoms with Gasteiger partial charge in [-0.05, 0) is 29.2 Å². The molecule has 2 aromatic rings. The van der Waals surface area contributed by atoms with Crippen LogP contribution >= 0.6 is 0 Å². The summed E-state index contributed by atoms with van der Waals surface area (Å²) in [6.07, 6.45) is 1.71. The third-order valence-electron chi connectivity index (χ3n) is 4.96. The first-order chi connectivity index (χ1) is 13.4. The minimum atomic E-state index is -0.0311. The Morgan fingerprint density at radius 1 is 1.14 bits per heavy atom. The summed E-state index contributed by atoms with van der Waals surface area (Å²) < 4.78 is 0. The molecule has 0 unspecified atom stereocenters. The van der Waals surface area contributed by atoms with E-state index in [9.17, 15) is 10.1 Å². The highest BCUT2D eigenvalue weighted by atomic mass is 16.2. The Kier molecular flexibility index (Phi) is 5.96. The van der Waals surface area contributed by atoms with Crippen LogP contribution in [0.25, 0.3) is 0 Å². The first kappa shape index (κ1) is 19.8. The molecule has 1 aromatic carbocycles. The third-order valence-corrected chi connectivity index (χ3v) is 4.96. The zero-order valence-corrected chi connectivity index (χ0v) is 16.8. The number of hydrogen-bond acceptors (Lipinski definition) is 5. The molecule has 28 heavy (non-hydrogen) atoms. The molecule has 0 spiro atoms. The normalized spacial score (nSPS) is 15.1. The first-order valence-corrected chi connectivity index (χ1v) is 9.60. The molecule has 1 aromatic heterocycles. The highest BCUT2D eigenvalue weighted by Crippen LogP contribution is 2.29. The van der Waals surface area contributed by atoms with Crippen LogP contribution in [0.5, 0.6) is 0 Å². The van der Waals surface area contributed by atoms with Crippen molar-refractivity contribution in [1.82, 2.24) is 9.88 Å². The van der Waals surface area contributed by atoms with E-state index in [1.165, 1.54) is 0 Å². The number of nitrogens with zero attached hydrogens (tertiary/aromatic N) is 4. The van der Waals surface area contributed by atoms with Crippen LogP contribution in [0.4, 0.5) is 11.5 Å². The second-order valence-electron chi connectivity index (χ2n) is 8.09. The van der Waals surface area contributed by atoms with E-state index in [0.717, 1.165) is 43.2 Å². The lowest BCUT2D eigenvalue weighted by Gasteiger charge is -2.35. The molecule has 1 saturated heterocycles. The van der Waals surface area contributed by atoms with Gasteiger partial charge in [0.1, 0.15) is 11.9 Å². The minimum absolute atomic E-state index is 0.000648. The van der Waals surface area contributed by atoms with Gasteiger partial charge >= 0.3 is 0 Å². The average molecular weight is 377 g/mol. The number of piperazine rings is 1. The molecule has 1 aliphatic rings. The predicted molar refractivity (Wildman–Crippen MR) is 111 cm³/mol. The smallest absolute Gasteiger partial charge is 0.238 e. The van der Waals surface area contributed by atoms with Crippen molar-refractivity contribution in [2.45, 2.75) is 26.2 Å².